The Labute approximate surface area is 175 Å². The summed E-state index contributed by atoms with van der Waals surface area (Å²) >= 11 is 0. The molecule has 0 N–H and O–H groups in total. The lowest BCUT2D eigenvalue weighted by Gasteiger charge is -2.34. The number of pyridine rings is 1. The van der Waals surface area contributed by atoms with Crippen molar-refractivity contribution in [3.05, 3.63) is 66.1 Å². The van der Waals surface area contributed by atoms with Crippen LogP contribution in [0.2, 0.25) is 0 Å². The second kappa shape index (κ2) is 8.45. The average Bonchev–Trinajstić information content (AvgIpc) is 3.47. The van der Waals surface area contributed by atoms with Crippen LogP contribution in [0.3, 0.4) is 0 Å². The normalized spacial score (nSPS) is 20.0. The summed E-state index contributed by atoms with van der Waals surface area (Å²) in [6, 6.07) is 13.2. The van der Waals surface area contributed by atoms with Gasteiger partial charge in [-0.1, -0.05) is 12.1 Å². The Morgan fingerprint density at radius 3 is 2.93 bits per heavy atom. The minimum absolute atomic E-state index is 0.0240. The molecule has 0 aliphatic carbocycles. The first kappa shape index (κ1) is 19.1. The van der Waals surface area contributed by atoms with Crippen LogP contribution in [0, 0.1) is 5.92 Å². The van der Waals surface area contributed by atoms with Crippen molar-refractivity contribution in [1.82, 2.24) is 14.3 Å². The number of piperidine rings is 1. The van der Waals surface area contributed by atoms with Crippen LogP contribution in [-0.4, -0.2) is 52.8 Å². The predicted octanol–water partition coefficient (Wildman–Crippen LogP) is 3.14. The van der Waals surface area contributed by atoms with Gasteiger partial charge in [0.05, 0.1) is 18.9 Å². The van der Waals surface area contributed by atoms with Crippen LogP contribution in [0.15, 0.2) is 54.9 Å². The molecule has 1 amide bonds. The highest BCUT2D eigenvalue weighted by molar-refractivity contribution is 5.94. The molecule has 1 atom stereocenters. The van der Waals surface area contributed by atoms with Crippen LogP contribution in [0.5, 0.6) is 5.75 Å². The predicted molar refractivity (Wildman–Crippen MR) is 110 cm³/mol. The molecule has 2 aromatic heterocycles. The summed E-state index contributed by atoms with van der Waals surface area (Å²) in [6.45, 7) is 3.05. The van der Waals surface area contributed by atoms with Gasteiger partial charge in [-0.05, 0) is 43.2 Å². The van der Waals surface area contributed by atoms with E-state index in [1.165, 1.54) is 0 Å². The minimum Gasteiger partial charge on any atom is -0.487 e. The maximum atomic E-state index is 13.1. The van der Waals surface area contributed by atoms with Crippen molar-refractivity contribution in [3.8, 4) is 5.75 Å². The van der Waals surface area contributed by atoms with Crippen molar-refractivity contribution in [3.63, 3.8) is 0 Å². The van der Waals surface area contributed by atoms with Crippen molar-refractivity contribution in [2.45, 2.75) is 25.7 Å². The van der Waals surface area contributed by atoms with Crippen LogP contribution in [0.4, 0.5) is 0 Å². The Balaban J connectivity index is 1.24. The number of nitrogens with zero attached hydrogens (tertiary/aromatic N) is 3. The summed E-state index contributed by atoms with van der Waals surface area (Å²) in [7, 11) is 0. The molecule has 7 nitrogen and oxygen atoms in total. The minimum atomic E-state index is -0.180. The zero-order chi connectivity index (χ0) is 20.3. The Hall–Kier alpha value is -2.90. The highest BCUT2D eigenvalue weighted by Crippen LogP contribution is 2.26. The first-order valence-corrected chi connectivity index (χ1v) is 10.4. The molecule has 0 bridgehead atoms. The van der Waals surface area contributed by atoms with Gasteiger partial charge in [0, 0.05) is 37.0 Å². The Kier molecular flexibility index (Phi) is 5.38. The van der Waals surface area contributed by atoms with E-state index in [4.69, 9.17) is 14.2 Å². The smallest absolute Gasteiger partial charge is 0.254 e. The molecule has 1 unspecified atom stereocenters. The molecule has 2 aliphatic heterocycles. The van der Waals surface area contributed by atoms with Gasteiger partial charge in [-0.25, -0.2) is 4.98 Å². The summed E-state index contributed by atoms with van der Waals surface area (Å²) in [5.74, 6) is 0.921. The number of rotatable bonds is 5. The quantitative estimate of drug-likeness (QED) is 0.650. The van der Waals surface area contributed by atoms with E-state index in [1.54, 1.807) is 0 Å². The number of carbonyl (C=O) groups is 1. The highest BCUT2D eigenvalue weighted by Gasteiger charge is 2.33. The van der Waals surface area contributed by atoms with E-state index in [-0.39, 0.29) is 18.1 Å². The number of aromatic nitrogens is 2. The van der Waals surface area contributed by atoms with Gasteiger partial charge >= 0.3 is 0 Å². The molecular formula is C23H25N3O4. The molecule has 4 heterocycles. The highest BCUT2D eigenvalue weighted by atomic mass is 16.7. The van der Waals surface area contributed by atoms with Crippen molar-refractivity contribution < 1.29 is 19.0 Å². The molecule has 156 valence electrons. The second-order valence-corrected chi connectivity index (χ2v) is 7.78. The summed E-state index contributed by atoms with van der Waals surface area (Å²) in [5.41, 5.74) is 2.36. The van der Waals surface area contributed by atoms with Crippen LogP contribution in [0.25, 0.3) is 5.65 Å². The van der Waals surface area contributed by atoms with Crippen molar-refractivity contribution in [1.29, 1.82) is 0 Å². The van der Waals surface area contributed by atoms with Crippen molar-refractivity contribution in [2.75, 3.05) is 26.3 Å². The van der Waals surface area contributed by atoms with Crippen LogP contribution in [-0.2, 0) is 16.1 Å². The largest absolute Gasteiger partial charge is 0.487 e. The van der Waals surface area contributed by atoms with E-state index in [2.05, 4.69) is 4.98 Å². The number of benzene rings is 1. The maximum Gasteiger partial charge on any atom is 0.254 e. The van der Waals surface area contributed by atoms with Gasteiger partial charge < -0.3 is 23.5 Å². The molecule has 2 fully saturated rings. The lowest BCUT2D eigenvalue weighted by molar-refractivity contribution is -0.0969. The summed E-state index contributed by atoms with van der Waals surface area (Å²) in [5, 5.41) is 0. The fourth-order valence-corrected chi connectivity index (χ4v) is 4.18. The standard InChI is InChI=1S/C23H25N3O4/c27-22(26-10-4-6-18(14-26)23-28-11-12-29-23)17-5-3-7-20(13-17)30-16-19-15-25-9-2-1-8-21(25)24-19/h1-3,5,7-9,13,15,18,23H,4,6,10-12,14,16H2. The number of ether oxygens (including phenoxy) is 3. The molecule has 2 aliphatic rings. The topological polar surface area (TPSA) is 65.3 Å². The second-order valence-electron chi connectivity index (χ2n) is 7.78. The van der Waals surface area contributed by atoms with E-state index < -0.39 is 0 Å². The van der Waals surface area contributed by atoms with Gasteiger partial charge in [0.1, 0.15) is 18.0 Å². The third kappa shape index (κ3) is 4.04. The van der Waals surface area contributed by atoms with Gasteiger partial charge in [0.25, 0.3) is 5.91 Å². The van der Waals surface area contributed by atoms with Gasteiger partial charge in [0.15, 0.2) is 6.29 Å². The first-order chi connectivity index (χ1) is 14.8. The Bertz CT molecular complexity index is 995. The molecule has 0 radical (unpaired) electrons. The fourth-order valence-electron chi connectivity index (χ4n) is 4.18. The number of imidazole rings is 1. The molecule has 2 saturated heterocycles. The summed E-state index contributed by atoms with van der Waals surface area (Å²) in [4.78, 5) is 19.5. The molecule has 0 saturated carbocycles. The van der Waals surface area contributed by atoms with E-state index in [0.29, 0.717) is 37.7 Å². The molecular weight excluding hydrogens is 382 g/mol. The van der Waals surface area contributed by atoms with E-state index in [1.807, 2.05) is 64.2 Å². The fraction of sp³-hybridized carbons (Fsp3) is 0.391. The molecule has 1 aromatic carbocycles. The Morgan fingerprint density at radius 1 is 1.17 bits per heavy atom. The summed E-state index contributed by atoms with van der Waals surface area (Å²) < 4.78 is 19.2. The lowest BCUT2D eigenvalue weighted by Crippen LogP contribution is -2.43. The number of hydrogen-bond donors (Lipinski definition) is 0. The monoisotopic (exact) mass is 407 g/mol. The molecule has 7 heteroatoms. The van der Waals surface area contributed by atoms with Crippen molar-refractivity contribution >= 4 is 11.6 Å². The number of hydrogen-bond acceptors (Lipinski definition) is 5. The Morgan fingerprint density at radius 2 is 2.07 bits per heavy atom. The lowest BCUT2D eigenvalue weighted by atomic mass is 9.96. The van der Waals surface area contributed by atoms with E-state index in [9.17, 15) is 4.79 Å². The third-order valence-corrected chi connectivity index (χ3v) is 5.66. The van der Waals surface area contributed by atoms with Gasteiger partial charge in [-0.15, -0.1) is 0 Å². The molecule has 0 spiro atoms. The average molecular weight is 407 g/mol. The first-order valence-electron chi connectivity index (χ1n) is 10.4. The zero-order valence-electron chi connectivity index (χ0n) is 16.8. The SMILES string of the molecule is O=C(c1cccc(OCc2cn3ccccc3n2)c1)N1CCCC(C2OCCO2)C1. The van der Waals surface area contributed by atoms with Gasteiger partial charge in [-0.2, -0.15) is 0 Å². The molecule has 3 aromatic rings. The van der Waals surface area contributed by atoms with Gasteiger partial charge in [-0.3, -0.25) is 4.79 Å². The summed E-state index contributed by atoms with van der Waals surface area (Å²) in [6.07, 6.45) is 5.71. The van der Waals surface area contributed by atoms with Crippen LogP contribution < -0.4 is 4.74 Å². The zero-order valence-corrected chi connectivity index (χ0v) is 16.8. The number of amides is 1. The van der Waals surface area contributed by atoms with Crippen molar-refractivity contribution in [2.24, 2.45) is 5.92 Å². The molecule has 30 heavy (non-hydrogen) atoms. The number of likely N-dealkylation sites (tertiary alicyclic amines) is 1. The van der Waals surface area contributed by atoms with E-state index >= 15 is 0 Å². The van der Waals surface area contributed by atoms with Gasteiger partial charge in [0.2, 0.25) is 0 Å². The third-order valence-electron chi connectivity index (χ3n) is 5.66. The van der Waals surface area contributed by atoms with Crippen LogP contribution >= 0.6 is 0 Å². The van der Waals surface area contributed by atoms with E-state index in [0.717, 1.165) is 30.7 Å². The number of fused-ring (bicyclic) bond motifs is 1. The van der Waals surface area contributed by atoms with Crippen LogP contribution in [0.1, 0.15) is 28.9 Å². The maximum absolute atomic E-state index is 13.1. The molecule has 5 rings (SSSR count). The number of carbonyl (C=O) groups excluding carboxylic acids is 1.